The molecule has 0 aliphatic heterocycles. The first-order valence-corrected chi connectivity index (χ1v) is 36.0. The lowest BCUT2D eigenvalue weighted by Crippen LogP contribution is -2.30. The van der Waals surface area contributed by atoms with E-state index in [9.17, 15) is 14.4 Å². The van der Waals surface area contributed by atoms with Gasteiger partial charge in [-0.25, -0.2) is 0 Å². The van der Waals surface area contributed by atoms with Crippen LogP contribution in [0.4, 0.5) is 0 Å². The molecule has 6 heteroatoms. The average Bonchev–Trinajstić information content (AvgIpc) is 3.46. The van der Waals surface area contributed by atoms with Gasteiger partial charge in [-0.1, -0.05) is 340 Å². The minimum Gasteiger partial charge on any atom is -0.462 e. The maximum atomic E-state index is 12.9. The van der Waals surface area contributed by atoms with Crippen molar-refractivity contribution in [2.24, 2.45) is 0 Å². The largest absolute Gasteiger partial charge is 0.462 e. The van der Waals surface area contributed by atoms with E-state index in [0.29, 0.717) is 19.3 Å². The number of esters is 3. The maximum absolute atomic E-state index is 12.9. The van der Waals surface area contributed by atoms with Gasteiger partial charge < -0.3 is 14.2 Å². The predicted octanol–water partition coefficient (Wildman–Crippen LogP) is 24.7. The van der Waals surface area contributed by atoms with Crippen LogP contribution in [0.3, 0.4) is 0 Å². The molecule has 0 heterocycles. The molecule has 0 rings (SSSR count). The summed E-state index contributed by atoms with van der Waals surface area (Å²) in [5, 5.41) is 0. The molecule has 470 valence electrons. The molecule has 0 aromatic heterocycles. The number of hydrogen-bond acceptors (Lipinski definition) is 6. The standard InChI is InChI=1S/C74H138O6/c1-4-7-10-13-16-19-22-25-27-29-30-31-32-33-34-35-36-37-38-39-40-41-42-43-44-46-47-49-52-55-58-61-64-67-73(76)79-70-71(69-78-72(75)66-63-60-57-54-51-24-21-18-15-12-9-6-3)80-74(77)68-65-62-59-56-53-50-48-45-28-26-23-20-17-14-11-8-5-2/h22,25-26,28-30,71H,4-21,23-24,27,31-70H2,1-3H3/b25-22-,28-26-,30-29-. The van der Waals surface area contributed by atoms with Crippen LogP contribution in [0.5, 0.6) is 0 Å². The van der Waals surface area contributed by atoms with E-state index in [1.165, 1.54) is 295 Å². The summed E-state index contributed by atoms with van der Waals surface area (Å²) in [5.74, 6) is -0.843. The maximum Gasteiger partial charge on any atom is 0.306 e. The lowest BCUT2D eigenvalue weighted by Gasteiger charge is -2.18. The Balaban J connectivity index is 4.09. The van der Waals surface area contributed by atoms with Crippen molar-refractivity contribution in [1.82, 2.24) is 0 Å². The Morgan fingerprint density at radius 2 is 0.450 bits per heavy atom. The van der Waals surface area contributed by atoms with Crippen LogP contribution in [0, 0.1) is 0 Å². The van der Waals surface area contributed by atoms with Crippen molar-refractivity contribution in [3.05, 3.63) is 36.5 Å². The molecule has 0 bridgehead atoms. The van der Waals surface area contributed by atoms with Crippen LogP contribution < -0.4 is 0 Å². The molecule has 1 unspecified atom stereocenters. The zero-order valence-electron chi connectivity index (χ0n) is 54.1. The topological polar surface area (TPSA) is 78.9 Å². The van der Waals surface area contributed by atoms with E-state index in [-0.39, 0.29) is 31.1 Å². The van der Waals surface area contributed by atoms with Gasteiger partial charge in [0, 0.05) is 19.3 Å². The third kappa shape index (κ3) is 66.4. The first kappa shape index (κ1) is 77.6. The Bertz CT molecular complexity index is 1340. The van der Waals surface area contributed by atoms with Crippen molar-refractivity contribution in [3.63, 3.8) is 0 Å². The van der Waals surface area contributed by atoms with Gasteiger partial charge in [-0.2, -0.15) is 0 Å². The Labute approximate surface area is 499 Å². The van der Waals surface area contributed by atoms with E-state index in [2.05, 4.69) is 57.2 Å². The normalized spacial score (nSPS) is 12.2. The predicted molar refractivity (Wildman–Crippen MR) is 349 cm³/mol. The number of rotatable bonds is 67. The smallest absolute Gasteiger partial charge is 0.306 e. The molecule has 80 heavy (non-hydrogen) atoms. The second kappa shape index (κ2) is 69.1. The summed E-state index contributed by atoms with van der Waals surface area (Å²) in [4.78, 5) is 38.3. The van der Waals surface area contributed by atoms with E-state index in [1.807, 2.05) is 0 Å². The molecule has 0 radical (unpaired) electrons. The van der Waals surface area contributed by atoms with Crippen molar-refractivity contribution in [3.8, 4) is 0 Å². The molecular formula is C74H138O6. The summed E-state index contributed by atoms with van der Waals surface area (Å²) in [6.45, 7) is 6.69. The molecule has 0 aromatic rings. The van der Waals surface area contributed by atoms with Gasteiger partial charge >= 0.3 is 17.9 Å². The molecule has 0 fully saturated rings. The van der Waals surface area contributed by atoms with Crippen LogP contribution in [0.2, 0.25) is 0 Å². The highest BCUT2D eigenvalue weighted by molar-refractivity contribution is 5.71. The fourth-order valence-corrected chi connectivity index (χ4v) is 10.9. The van der Waals surface area contributed by atoms with Gasteiger partial charge in [-0.15, -0.1) is 0 Å². The molecule has 0 spiro atoms. The zero-order valence-corrected chi connectivity index (χ0v) is 54.1. The molecule has 0 aromatic carbocycles. The number of ether oxygens (including phenoxy) is 3. The van der Waals surface area contributed by atoms with Crippen molar-refractivity contribution < 1.29 is 28.6 Å². The van der Waals surface area contributed by atoms with Gasteiger partial charge in [-0.3, -0.25) is 14.4 Å². The number of unbranched alkanes of at least 4 members (excludes halogenated alkanes) is 50. The minimum absolute atomic E-state index is 0.0675. The van der Waals surface area contributed by atoms with E-state index < -0.39 is 6.10 Å². The summed E-state index contributed by atoms with van der Waals surface area (Å²) < 4.78 is 17.0. The Morgan fingerprint density at radius 3 is 0.700 bits per heavy atom. The SMILES string of the molecule is CCCCCCC/C=C\C/C=C\CCCCCCCCCCCCCCCCCCCCCCCC(=O)OCC(COC(=O)CCCCCCCCCCCCCC)OC(=O)CCCCCCCCC/C=C\CCCCCCCC. The molecule has 0 aliphatic carbocycles. The van der Waals surface area contributed by atoms with Crippen LogP contribution in [-0.2, 0) is 28.6 Å². The molecule has 0 saturated heterocycles. The first-order valence-electron chi connectivity index (χ1n) is 36.0. The quantitative estimate of drug-likeness (QED) is 0.0261. The molecular weight excluding hydrogens is 985 g/mol. The summed E-state index contributed by atoms with van der Waals surface area (Å²) in [6.07, 6.45) is 86.2. The minimum atomic E-state index is -0.770. The monoisotopic (exact) mass is 1120 g/mol. The summed E-state index contributed by atoms with van der Waals surface area (Å²) in [5.41, 5.74) is 0. The summed E-state index contributed by atoms with van der Waals surface area (Å²) in [7, 11) is 0. The second-order valence-corrected chi connectivity index (χ2v) is 24.5. The fraction of sp³-hybridized carbons (Fsp3) is 0.878. The molecule has 6 nitrogen and oxygen atoms in total. The third-order valence-electron chi connectivity index (χ3n) is 16.4. The average molecular weight is 1120 g/mol. The molecule has 0 saturated carbocycles. The highest BCUT2D eigenvalue weighted by Gasteiger charge is 2.19. The zero-order chi connectivity index (χ0) is 57.8. The molecule has 0 N–H and O–H groups in total. The summed E-state index contributed by atoms with van der Waals surface area (Å²) in [6, 6.07) is 0. The van der Waals surface area contributed by atoms with Crippen molar-refractivity contribution in [2.75, 3.05) is 13.2 Å². The fourth-order valence-electron chi connectivity index (χ4n) is 10.9. The van der Waals surface area contributed by atoms with Crippen LogP contribution in [-0.4, -0.2) is 37.2 Å². The van der Waals surface area contributed by atoms with Gasteiger partial charge in [0.1, 0.15) is 13.2 Å². The molecule has 0 amide bonds. The number of allylic oxidation sites excluding steroid dienone is 6. The number of carbonyl (C=O) groups is 3. The third-order valence-corrected chi connectivity index (χ3v) is 16.4. The van der Waals surface area contributed by atoms with Crippen molar-refractivity contribution in [2.45, 2.75) is 406 Å². The Morgan fingerprint density at radius 1 is 0.250 bits per heavy atom. The van der Waals surface area contributed by atoms with E-state index in [0.717, 1.165) is 64.2 Å². The Hall–Kier alpha value is -2.37. The number of hydrogen-bond donors (Lipinski definition) is 0. The van der Waals surface area contributed by atoms with Crippen LogP contribution in [0.25, 0.3) is 0 Å². The Kier molecular flexibility index (Phi) is 67.1. The lowest BCUT2D eigenvalue weighted by molar-refractivity contribution is -0.167. The van der Waals surface area contributed by atoms with E-state index in [4.69, 9.17) is 14.2 Å². The lowest BCUT2D eigenvalue weighted by atomic mass is 10.0. The van der Waals surface area contributed by atoms with Crippen LogP contribution in [0.15, 0.2) is 36.5 Å². The van der Waals surface area contributed by atoms with Crippen molar-refractivity contribution >= 4 is 17.9 Å². The first-order chi connectivity index (χ1) is 39.5. The van der Waals surface area contributed by atoms with Gasteiger partial charge in [0.25, 0.3) is 0 Å². The van der Waals surface area contributed by atoms with Gasteiger partial charge in [0.2, 0.25) is 0 Å². The second-order valence-electron chi connectivity index (χ2n) is 24.5. The molecule has 0 aliphatic rings. The summed E-state index contributed by atoms with van der Waals surface area (Å²) >= 11 is 0. The number of carbonyl (C=O) groups excluding carboxylic acids is 3. The van der Waals surface area contributed by atoms with Gasteiger partial charge in [0.15, 0.2) is 6.10 Å². The van der Waals surface area contributed by atoms with Crippen molar-refractivity contribution in [1.29, 1.82) is 0 Å². The highest BCUT2D eigenvalue weighted by Crippen LogP contribution is 2.18. The van der Waals surface area contributed by atoms with E-state index in [1.54, 1.807) is 0 Å². The van der Waals surface area contributed by atoms with Crippen LogP contribution in [0.1, 0.15) is 400 Å². The van der Waals surface area contributed by atoms with Crippen LogP contribution >= 0.6 is 0 Å². The van der Waals surface area contributed by atoms with Gasteiger partial charge in [0.05, 0.1) is 0 Å². The molecule has 1 atom stereocenters. The van der Waals surface area contributed by atoms with E-state index >= 15 is 0 Å². The van der Waals surface area contributed by atoms with Gasteiger partial charge in [-0.05, 0) is 77.0 Å². The highest BCUT2D eigenvalue weighted by atomic mass is 16.6.